The second-order valence-corrected chi connectivity index (χ2v) is 5.94. The number of benzene rings is 1. The molecule has 2 aromatic heterocycles. The topological polar surface area (TPSA) is 30.7 Å². The van der Waals surface area contributed by atoms with Crippen molar-refractivity contribution in [2.24, 2.45) is 0 Å². The normalized spacial score (nSPS) is 12.8. The maximum atomic E-state index is 13.3. The number of nitrogens with zero attached hydrogens (tertiary/aromatic N) is 3. The van der Waals surface area contributed by atoms with E-state index in [1.165, 1.54) is 12.1 Å². The lowest BCUT2D eigenvalue weighted by Crippen LogP contribution is -2.04. The maximum absolute atomic E-state index is 13.3. The Morgan fingerprint density at radius 2 is 2.05 bits per heavy atom. The minimum absolute atomic E-state index is 0.280. The third kappa shape index (κ3) is 2.49. The zero-order valence-corrected chi connectivity index (χ0v) is 13.0. The highest BCUT2D eigenvalue weighted by atomic mass is 35.5. The van der Waals surface area contributed by atoms with Gasteiger partial charge in [0, 0.05) is 6.20 Å². The summed E-state index contributed by atoms with van der Waals surface area (Å²) in [4.78, 5) is 8.84. The molecule has 0 fully saturated rings. The Morgan fingerprint density at radius 1 is 1.29 bits per heavy atom. The largest absolute Gasteiger partial charge is 0.279 e. The summed E-state index contributed by atoms with van der Waals surface area (Å²) >= 11 is 12.2. The third-order valence-electron chi connectivity index (χ3n) is 3.25. The van der Waals surface area contributed by atoms with Gasteiger partial charge in [0.25, 0.3) is 0 Å². The minimum atomic E-state index is -0.317. The van der Waals surface area contributed by atoms with Crippen molar-refractivity contribution >= 4 is 34.4 Å². The van der Waals surface area contributed by atoms with Gasteiger partial charge in [0.1, 0.15) is 17.2 Å². The summed E-state index contributed by atoms with van der Waals surface area (Å²) in [5.41, 5.74) is 2.89. The van der Waals surface area contributed by atoms with E-state index < -0.39 is 0 Å². The number of alkyl halides is 1. The van der Waals surface area contributed by atoms with Crippen LogP contribution in [0.25, 0.3) is 16.9 Å². The smallest absolute Gasteiger partial charge is 0.164 e. The van der Waals surface area contributed by atoms with Gasteiger partial charge < -0.3 is 0 Å². The van der Waals surface area contributed by atoms with E-state index in [4.69, 9.17) is 23.2 Å². The summed E-state index contributed by atoms with van der Waals surface area (Å²) in [7, 11) is 0. The maximum Gasteiger partial charge on any atom is 0.164 e. The monoisotopic (exact) mass is 323 g/mol. The minimum Gasteiger partial charge on any atom is -0.279 e. The lowest BCUT2D eigenvalue weighted by Gasteiger charge is -2.12. The fourth-order valence-electron chi connectivity index (χ4n) is 2.33. The number of rotatable bonds is 2. The van der Waals surface area contributed by atoms with Crippen molar-refractivity contribution in [3.63, 3.8) is 0 Å². The van der Waals surface area contributed by atoms with Crippen LogP contribution in [0.15, 0.2) is 30.5 Å². The van der Waals surface area contributed by atoms with Gasteiger partial charge in [-0.3, -0.25) is 4.57 Å². The molecule has 3 aromatic rings. The zero-order valence-electron chi connectivity index (χ0n) is 11.4. The van der Waals surface area contributed by atoms with Crippen molar-refractivity contribution in [3.8, 4) is 5.69 Å². The fraction of sp³-hybridized carbons (Fsp3) is 0.200. The van der Waals surface area contributed by atoms with Crippen molar-refractivity contribution in [2.75, 3.05) is 0 Å². The summed E-state index contributed by atoms with van der Waals surface area (Å²) < 4.78 is 15.2. The van der Waals surface area contributed by atoms with Gasteiger partial charge in [-0.15, -0.1) is 11.6 Å². The van der Waals surface area contributed by atoms with Gasteiger partial charge in [-0.25, -0.2) is 14.4 Å². The van der Waals surface area contributed by atoms with Gasteiger partial charge in [0.15, 0.2) is 5.65 Å². The van der Waals surface area contributed by atoms with Gasteiger partial charge in [-0.1, -0.05) is 11.6 Å². The molecule has 1 unspecified atom stereocenters. The van der Waals surface area contributed by atoms with Crippen LogP contribution in [-0.2, 0) is 0 Å². The lowest BCUT2D eigenvalue weighted by molar-refractivity contribution is 0.626. The number of fused-ring (bicyclic) bond motifs is 1. The molecular weight excluding hydrogens is 312 g/mol. The van der Waals surface area contributed by atoms with E-state index in [0.717, 1.165) is 11.3 Å². The Balaban J connectivity index is 2.36. The van der Waals surface area contributed by atoms with Crippen molar-refractivity contribution in [3.05, 3.63) is 52.7 Å². The molecule has 0 saturated heterocycles. The molecule has 0 spiro atoms. The Hall–Kier alpha value is -1.65. The Kier molecular flexibility index (Phi) is 3.59. The van der Waals surface area contributed by atoms with Crippen LogP contribution in [0.2, 0.25) is 5.02 Å². The number of halogens is 3. The van der Waals surface area contributed by atoms with Crippen LogP contribution < -0.4 is 0 Å². The molecule has 21 heavy (non-hydrogen) atoms. The van der Waals surface area contributed by atoms with Crippen LogP contribution >= 0.6 is 23.2 Å². The SMILES string of the molecule is Cc1cc(F)ccc1-n1c(C(C)Cl)nc2cc(Cl)cnc21. The van der Waals surface area contributed by atoms with Crippen molar-refractivity contribution in [1.29, 1.82) is 0 Å². The van der Waals surface area contributed by atoms with E-state index in [-0.39, 0.29) is 11.2 Å². The summed E-state index contributed by atoms with van der Waals surface area (Å²) in [6, 6.07) is 6.32. The number of hydrogen-bond acceptors (Lipinski definition) is 2. The first-order valence-electron chi connectivity index (χ1n) is 6.42. The summed E-state index contributed by atoms with van der Waals surface area (Å²) in [6.45, 7) is 3.67. The third-order valence-corrected chi connectivity index (χ3v) is 3.65. The van der Waals surface area contributed by atoms with E-state index in [0.29, 0.717) is 22.0 Å². The second-order valence-electron chi connectivity index (χ2n) is 4.85. The first-order valence-corrected chi connectivity index (χ1v) is 7.23. The number of pyridine rings is 1. The van der Waals surface area contributed by atoms with E-state index in [1.807, 2.05) is 18.4 Å². The van der Waals surface area contributed by atoms with Crippen molar-refractivity contribution in [1.82, 2.24) is 14.5 Å². The Morgan fingerprint density at radius 3 is 2.71 bits per heavy atom. The number of imidazole rings is 1. The van der Waals surface area contributed by atoms with Crippen LogP contribution in [0.5, 0.6) is 0 Å². The molecule has 1 atom stereocenters. The zero-order chi connectivity index (χ0) is 15.1. The van der Waals surface area contributed by atoms with Crippen LogP contribution in [0.4, 0.5) is 4.39 Å². The summed E-state index contributed by atoms with van der Waals surface area (Å²) in [5.74, 6) is 0.369. The average molecular weight is 324 g/mol. The predicted molar refractivity (Wildman–Crippen MR) is 82.8 cm³/mol. The first-order chi connectivity index (χ1) is 9.97. The molecule has 0 saturated carbocycles. The van der Waals surface area contributed by atoms with E-state index >= 15 is 0 Å². The van der Waals surface area contributed by atoms with Crippen LogP contribution in [0.3, 0.4) is 0 Å². The van der Waals surface area contributed by atoms with Crippen LogP contribution in [-0.4, -0.2) is 14.5 Å². The summed E-state index contributed by atoms with van der Waals surface area (Å²) in [6.07, 6.45) is 1.56. The molecule has 0 radical (unpaired) electrons. The highest BCUT2D eigenvalue weighted by Gasteiger charge is 2.18. The first kappa shape index (κ1) is 14.3. The quantitative estimate of drug-likeness (QED) is 0.633. The van der Waals surface area contributed by atoms with Gasteiger partial charge in [-0.05, 0) is 43.7 Å². The predicted octanol–water partition coefficient (Wildman–Crippen LogP) is 4.82. The average Bonchev–Trinajstić information content (AvgIpc) is 2.77. The molecule has 0 aliphatic heterocycles. The molecule has 0 bridgehead atoms. The molecule has 0 aliphatic carbocycles. The van der Waals surface area contributed by atoms with E-state index in [2.05, 4.69) is 9.97 Å². The molecule has 0 amide bonds. The molecule has 6 heteroatoms. The van der Waals surface area contributed by atoms with Crippen molar-refractivity contribution in [2.45, 2.75) is 19.2 Å². The highest BCUT2D eigenvalue weighted by Crippen LogP contribution is 2.29. The molecule has 3 nitrogen and oxygen atoms in total. The molecular formula is C15H12Cl2FN3. The van der Waals surface area contributed by atoms with Gasteiger partial charge in [0.05, 0.1) is 16.1 Å². The highest BCUT2D eigenvalue weighted by molar-refractivity contribution is 6.31. The Labute approximate surface area is 131 Å². The Bertz CT molecular complexity index is 827. The number of hydrogen-bond donors (Lipinski definition) is 0. The number of aromatic nitrogens is 3. The molecule has 108 valence electrons. The van der Waals surface area contributed by atoms with E-state index in [9.17, 15) is 4.39 Å². The second kappa shape index (κ2) is 5.28. The van der Waals surface area contributed by atoms with Gasteiger partial charge in [-0.2, -0.15) is 0 Å². The molecule has 0 N–H and O–H groups in total. The van der Waals surface area contributed by atoms with Gasteiger partial charge in [0.2, 0.25) is 0 Å². The molecule has 3 rings (SSSR count). The summed E-state index contributed by atoms with van der Waals surface area (Å²) in [5, 5.41) is 0.194. The lowest BCUT2D eigenvalue weighted by atomic mass is 10.2. The fourth-order valence-corrected chi connectivity index (χ4v) is 2.63. The standard InChI is InChI=1S/C15H12Cl2FN3/c1-8-5-11(18)3-4-13(8)21-14(9(2)16)20-12-6-10(17)7-19-15(12)21/h3-7,9H,1-2H3. The number of aryl methyl sites for hydroxylation is 1. The van der Waals surface area contributed by atoms with Crippen LogP contribution in [0.1, 0.15) is 23.7 Å². The van der Waals surface area contributed by atoms with Crippen molar-refractivity contribution < 1.29 is 4.39 Å². The van der Waals surface area contributed by atoms with Gasteiger partial charge >= 0.3 is 0 Å². The molecule has 1 aromatic carbocycles. The van der Waals surface area contributed by atoms with Crippen LogP contribution in [0, 0.1) is 12.7 Å². The molecule has 0 aliphatic rings. The molecule has 2 heterocycles. The van der Waals surface area contributed by atoms with E-state index in [1.54, 1.807) is 18.3 Å².